The van der Waals surface area contributed by atoms with Gasteiger partial charge in [0.1, 0.15) is 6.61 Å². The summed E-state index contributed by atoms with van der Waals surface area (Å²) in [5.41, 5.74) is 0. The van der Waals surface area contributed by atoms with Gasteiger partial charge in [-0.05, 0) is 0 Å². The van der Waals surface area contributed by atoms with Crippen molar-refractivity contribution < 1.29 is 29.3 Å². The van der Waals surface area contributed by atoms with Crippen molar-refractivity contribution in [1.82, 2.24) is 0 Å². The summed E-state index contributed by atoms with van der Waals surface area (Å²) in [7, 11) is 0. The zero-order valence-corrected chi connectivity index (χ0v) is 4.90. The molecular weight excluding hydrogens is 144 g/mol. The van der Waals surface area contributed by atoms with Crippen molar-refractivity contribution in [3.05, 3.63) is 0 Å². The van der Waals surface area contributed by atoms with Crippen LogP contribution >= 0.6 is 0 Å². The van der Waals surface area contributed by atoms with Crippen LogP contribution in [0.5, 0.6) is 0 Å². The summed E-state index contributed by atoms with van der Waals surface area (Å²) in [6.45, 7) is -0.655. The van der Waals surface area contributed by atoms with E-state index in [2.05, 4.69) is 9.47 Å². The maximum Gasteiger partial charge on any atom is 0.505 e. The summed E-state index contributed by atoms with van der Waals surface area (Å²) in [4.78, 5) is 19.1. The van der Waals surface area contributed by atoms with Crippen LogP contribution in [0.3, 0.4) is 0 Å². The minimum Gasteiger partial charge on any atom is -0.546 e. The Morgan fingerprint density at radius 1 is 1.30 bits per heavy atom. The highest BCUT2D eigenvalue weighted by Gasteiger charge is 1.93. The van der Waals surface area contributed by atoms with E-state index in [1.165, 1.54) is 0 Å². The molecule has 0 radical (unpaired) electrons. The van der Waals surface area contributed by atoms with E-state index in [9.17, 15) is 14.7 Å². The molecule has 0 aromatic rings. The zero-order chi connectivity index (χ0) is 7.98. The SMILES string of the molecule is O=C([O-])OCCOC(=O)O. The van der Waals surface area contributed by atoms with Crippen LogP contribution in [0.25, 0.3) is 0 Å². The third-order valence-electron chi connectivity index (χ3n) is 0.529. The van der Waals surface area contributed by atoms with Gasteiger partial charge in [0, 0.05) is 0 Å². The number of rotatable bonds is 3. The molecule has 0 amide bonds. The molecule has 0 rings (SSSR count). The molecule has 10 heavy (non-hydrogen) atoms. The highest BCUT2D eigenvalue weighted by molar-refractivity contribution is 5.56. The van der Waals surface area contributed by atoms with Crippen molar-refractivity contribution in [3.63, 3.8) is 0 Å². The number of carboxylic acid groups (broad SMARTS) is 2. The Kier molecular flexibility index (Phi) is 3.78. The lowest BCUT2D eigenvalue weighted by Gasteiger charge is -2.05. The Hall–Kier alpha value is -1.46. The van der Waals surface area contributed by atoms with Gasteiger partial charge in [0.25, 0.3) is 6.16 Å². The molecule has 0 aliphatic rings. The van der Waals surface area contributed by atoms with Crippen LogP contribution in [-0.2, 0) is 9.47 Å². The van der Waals surface area contributed by atoms with Crippen LogP contribution in [-0.4, -0.2) is 30.6 Å². The molecule has 0 heterocycles. The van der Waals surface area contributed by atoms with Gasteiger partial charge in [-0.25, -0.2) is 4.79 Å². The average Bonchev–Trinajstić information content (AvgIpc) is 1.79. The Labute approximate surface area is 56.0 Å². The molecule has 0 bridgehead atoms. The summed E-state index contributed by atoms with van der Waals surface area (Å²) in [5.74, 6) is 0. The van der Waals surface area contributed by atoms with Crippen LogP contribution in [0.1, 0.15) is 0 Å². The normalized spacial score (nSPS) is 8.40. The second kappa shape index (κ2) is 4.42. The number of carbonyl (C=O) groups excluding carboxylic acids is 1. The topological polar surface area (TPSA) is 95.9 Å². The summed E-state index contributed by atoms with van der Waals surface area (Å²) in [6.07, 6.45) is -3.17. The first-order valence-corrected chi connectivity index (χ1v) is 2.32. The van der Waals surface area contributed by atoms with E-state index in [1.54, 1.807) is 0 Å². The number of hydrogen-bond donors (Lipinski definition) is 1. The Bertz CT molecular complexity index is 114. The third-order valence-corrected chi connectivity index (χ3v) is 0.529. The van der Waals surface area contributed by atoms with E-state index in [-0.39, 0.29) is 13.2 Å². The van der Waals surface area contributed by atoms with Gasteiger partial charge in [0.15, 0.2) is 0 Å². The monoisotopic (exact) mass is 149 g/mol. The number of hydrogen-bond acceptors (Lipinski definition) is 5. The zero-order valence-electron chi connectivity index (χ0n) is 4.90. The molecule has 0 saturated carbocycles. The standard InChI is InChI=1S/C4H6O6/c5-3(6)9-1-2-10-4(7)8/h1-2H2,(H,5,6)(H,7,8)/p-1. The average molecular weight is 149 g/mol. The van der Waals surface area contributed by atoms with E-state index < -0.39 is 12.3 Å². The maximum atomic E-state index is 9.60. The summed E-state index contributed by atoms with van der Waals surface area (Å²) >= 11 is 0. The summed E-state index contributed by atoms with van der Waals surface area (Å²) in [6, 6.07) is 0. The molecule has 0 aromatic carbocycles. The second-order valence-electron chi connectivity index (χ2n) is 1.21. The molecule has 58 valence electrons. The molecule has 0 aromatic heterocycles. The molecule has 0 saturated heterocycles. The van der Waals surface area contributed by atoms with Gasteiger partial charge in [-0.2, -0.15) is 0 Å². The third kappa shape index (κ3) is 6.54. The summed E-state index contributed by atoms with van der Waals surface area (Å²) < 4.78 is 7.70. The molecule has 0 fully saturated rings. The number of ether oxygens (including phenoxy) is 2. The van der Waals surface area contributed by atoms with Gasteiger partial charge in [-0.1, -0.05) is 0 Å². The summed E-state index contributed by atoms with van der Waals surface area (Å²) in [5, 5.41) is 17.3. The van der Waals surface area contributed by atoms with Gasteiger partial charge in [0.05, 0.1) is 6.61 Å². The Morgan fingerprint density at radius 3 is 2.20 bits per heavy atom. The first-order chi connectivity index (χ1) is 4.63. The van der Waals surface area contributed by atoms with Crippen molar-refractivity contribution in [2.24, 2.45) is 0 Å². The quantitative estimate of drug-likeness (QED) is 0.410. The highest BCUT2D eigenvalue weighted by Crippen LogP contribution is 1.77. The van der Waals surface area contributed by atoms with Crippen LogP contribution in [0.15, 0.2) is 0 Å². The van der Waals surface area contributed by atoms with Crippen LogP contribution in [0.2, 0.25) is 0 Å². The van der Waals surface area contributed by atoms with E-state index in [4.69, 9.17) is 5.11 Å². The molecule has 0 unspecified atom stereocenters. The predicted molar refractivity (Wildman–Crippen MR) is 25.3 cm³/mol. The second-order valence-corrected chi connectivity index (χ2v) is 1.21. The van der Waals surface area contributed by atoms with E-state index >= 15 is 0 Å². The van der Waals surface area contributed by atoms with E-state index in [0.29, 0.717) is 0 Å². The van der Waals surface area contributed by atoms with Gasteiger partial charge < -0.3 is 24.5 Å². The number of carbonyl (C=O) groups is 2. The van der Waals surface area contributed by atoms with Gasteiger partial charge in [-0.3, -0.25) is 0 Å². The molecule has 0 spiro atoms. The minimum absolute atomic E-state index is 0.316. The lowest BCUT2D eigenvalue weighted by Crippen LogP contribution is -2.25. The first-order valence-electron chi connectivity index (χ1n) is 2.32. The van der Waals surface area contributed by atoms with Crippen LogP contribution in [0.4, 0.5) is 9.59 Å². The van der Waals surface area contributed by atoms with E-state index in [0.717, 1.165) is 0 Å². The van der Waals surface area contributed by atoms with Crippen molar-refractivity contribution in [3.8, 4) is 0 Å². The minimum atomic E-state index is -1.70. The molecule has 6 heteroatoms. The van der Waals surface area contributed by atoms with Crippen molar-refractivity contribution in [2.45, 2.75) is 0 Å². The van der Waals surface area contributed by atoms with Gasteiger partial charge >= 0.3 is 6.16 Å². The van der Waals surface area contributed by atoms with Crippen molar-refractivity contribution in [1.29, 1.82) is 0 Å². The highest BCUT2D eigenvalue weighted by atomic mass is 16.7. The first kappa shape index (κ1) is 8.54. The lowest BCUT2D eigenvalue weighted by molar-refractivity contribution is -0.283. The van der Waals surface area contributed by atoms with Gasteiger partial charge in [-0.15, -0.1) is 0 Å². The van der Waals surface area contributed by atoms with Crippen molar-refractivity contribution >= 4 is 12.3 Å². The largest absolute Gasteiger partial charge is 0.546 e. The molecule has 0 atom stereocenters. The molecule has 0 aliphatic carbocycles. The lowest BCUT2D eigenvalue weighted by atomic mass is 10.8. The molecule has 0 aliphatic heterocycles. The molecule has 6 nitrogen and oxygen atoms in total. The van der Waals surface area contributed by atoms with E-state index in [1.807, 2.05) is 0 Å². The van der Waals surface area contributed by atoms with Crippen molar-refractivity contribution in [2.75, 3.05) is 13.2 Å². The smallest absolute Gasteiger partial charge is 0.505 e. The van der Waals surface area contributed by atoms with Gasteiger partial charge in [0.2, 0.25) is 0 Å². The fourth-order valence-electron chi connectivity index (χ4n) is 0.254. The maximum absolute atomic E-state index is 9.60. The Balaban J connectivity index is 3.06. The molecule has 1 N–H and O–H groups in total. The fraction of sp³-hybridized carbons (Fsp3) is 0.500. The van der Waals surface area contributed by atoms with Crippen LogP contribution in [0, 0.1) is 0 Å². The molecular formula is C4H5O6-. The predicted octanol–water partition coefficient (Wildman–Crippen LogP) is -0.959. The fourth-order valence-corrected chi connectivity index (χ4v) is 0.254. The Morgan fingerprint density at radius 2 is 1.80 bits per heavy atom. The van der Waals surface area contributed by atoms with Crippen LogP contribution < -0.4 is 5.11 Å².